The number of rotatable bonds is 0. The summed E-state index contributed by atoms with van der Waals surface area (Å²) in [6.45, 7) is 2.04. The van der Waals surface area contributed by atoms with Gasteiger partial charge in [-0.25, -0.2) is 0 Å². The Kier molecular flexibility index (Phi) is 1.79. The summed E-state index contributed by atoms with van der Waals surface area (Å²) in [6.07, 6.45) is 1.76. The van der Waals surface area contributed by atoms with Crippen LogP contribution in [-0.2, 0) is 16.6 Å². The number of fused-ring (bicyclic) bond motifs is 3. The molecule has 2 heterocycles. The van der Waals surface area contributed by atoms with Crippen LogP contribution in [0.1, 0.15) is 11.1 Å². The minimum Gasteiger partial charge on any atom is -0.277 e. The molecule has 1 aliphatic rings. The number of H-pyrrole nitrogens is 1. The first-order valence-electron chi connectivity index (χ1n) is 4.77. The van der Waals surface area contributed by atoms with E-state index in [9.17, 15) is 4.21 Å². The largest absolute Gasteiger partial charge is 0.277 e. The monoisotopic (exact) mass is 218 g/mol. The van der Waals surface area contributed by atoms with Crippen molar-refractivity contribution in [3.8, 4) is 11.3 Å². The van der Waals surface area contributed by atoms with Crippen LogP contribution in [0, 0.1) is 6.92 Å². The van der Waals surface area contributed by atoms with Gasteiger partial charge in [-0.15, -0.1) is 0 Å². The Morgan fingerprint density at radius 1 is 1.47 bits per heavy atom. The Morgan fingerprint density at radius 2 is 2.33 bits per heavy atom. The van der Waals surface area contributed by atoms with E-state index in [1.807, 2.05) is 19.1 Å². The van der Waals surface area contributed by atoms with Gasteiger partial charge in [0.25, 0.3) is 0 Å². The molecule has 76 valence electrons. The molecule has 0 spiro atoms. The molecule has 1 aromatic carbocycles. The molecule has 0 radical (unpaired) electrons. The standard InChI is InChI=1S/C11H10N2OS/c1-7-2-3-10-9(4-7)11-8(5-12-13-11)6-15(10)14/h2-5H,6H2,1H3,(H,12,13). The Balaban J connectivity index is 2.35. The lowest BCUT2D eigenvalue weighted by atomic mass is 10.1. The SMILES string of the molecule is Cc1ccc2c(c1)-c1[nH]ncc1CS2=O. The van der Waals surface area contributed by atoms with Crippen molar-refractivity contribution in [2.45, 2.75) is 17.6 Å². The van der Waals surface area contributed by atoms with Crippen molar-refractivity contribution < 1.29 is 4.21 Å². The van der Waals surface area contributed by atoms with Crippen LogP contribution in [0.2, 0.25) is 0 Å². The molecule has 1 N–H and O–H groups in total. The highest BCUT2D eigenvalue weighted by Gasteiger charge is 2.22. The number of nitrogens with one attached hydrogen (secondary N) is 1. The van der Waals surface area contributed by atoms with Crippen molar-refractivity contribution in [2.75, 3.05) is 0 Å². The number of benzene rings is 1. The minimum atomic E-state index is -0.923. The third kappa shape index (κ3) is 1.25. The zero-order chi connectivity index (χ0) is 10.4. The van der Waals surface area contributed by atoms with Crippen molar-refractivity contribution >= 4 is 10.8 Å². The van der Waals surface area contributed by atoms with Gasteiger partial charge < -0.3 is 0 Å². The van der Waals surface area contributed by atoms with E-state index >= 15 is 0 Å². The van der Waals surface area contributed by atoms with Crippen molar-refractivity contribution in [2.24, 2.45) is 0 Å². The number of hydrogen-bond donors (Lipinski definition) is 1. The number of hydrogen-bond acceptors (Lipinski definition) is 2. The van der Waals surface area contributed by atoms with Crippen LogP contribution >= 0.6 is 0 Å². The summed E-state index contributed by atoms with van der Waals surface area (Å²) in [5.74, 6) is 0.571. The average molecular weight is 218 g/mol. The lowest BCUT2D eigenvalue weighted by Crippen LogP contribution is -2.05. The molecule has 4 heteroatoms. The summed E-state index contributed by atoms with van der Waals surface area (Å²) >= 11 is 0. The van der Waals surface area contributed by atoms with Crippen molar-refractivity contribution in [3.63, 3.8) is 0 Å². The van der Waals surface area contributed by atoms with Gasteiger partial charge in [-0.05, 0) is 19.1 Å². The summed E-state index contributed by atoms with van der Waals surface area (Å²) in [5, 5.41) is 6.98. The summed E-state index contributed by atoms with van der Waals surface area (Å²) in [6, 6.07) is 6.01. The summed E-state index contributed by atoms with van der Waals surface area (Å²) in [5.41, 5.74) is 4.28. The number of nitrogens with zero attached hydrogens (tertiary/aromatic N) is 1. The zero-order valence-corrected chi connectivity index (χ0v) is 9.10. The molecule has 0 fully saturated rings. The normalized spacial score (nSPS) is 18.3. The number of aryl methyl sites for hydroxylation is 1. The quantitative estimate of drug-likeness (QED) is 0.735. The fourth-order valence-electron chi connectivity index (χ4n) is 1.91. The zero-order valence-electron chi connectivity index (χ0n) is 8.28. The Morgan fingerprint density at radius 3 is 3.20 bits per heavy atom. The van der Waals surface area contributed by atoms with Gasteiger partial charge in [0.1, 0.15) is 0 Å². The predicted molar refractivity (Wildman–Crippen MR) is 58.9 cm³/mol. The van der Waals surface area contributed by atoms with E-state index in [-0.39, 0.29) is 0 Å². The fraction of sp³-hybridized carbons (Fsp3) is 0.182. The van der Waals surface area contributed by atoms with E-state index in [1.54, 1.807) is 6.20 Å². The van der Waals surface area contributed by atoms with Crippen LogP contribution in [0.25, 0.3) is 11.3 Å². The molecule has 1 atom stereocenters. The van der Waals surface area contributed by atoms with Gasteiger partial charge >= 0.3 is 0 Å². The highest BCUT2D eigenvalue weighted by molar-refractivity contribution is 7.84. The molecule has 3 nitrogen and oxygen atoms in total. The maximum absolute atomic E-state index is 11.9. The molecule has 1 unspecified atom stereocenters. The molecule has 0 saturated heterocycles. The van der Waals surface area contributed by atoms with E-state index in [0.29, 0.717) is 5.75 Å². The Labute approximate surface area is 90.0 Å². The van der Waals surface area contributed by atoms with E-state index in [0.717, 1.165) is 21.7 Å². The lowest BCUT2D eigenvalue weighted by Gasteiger charge is -2.15. The van der Waals surface area contributed by atoms with E-state index in [2.05, 4.69) is 16.3 Å². The molecule has 0 saturated carbocycles. The van der Waals surface area contributed by atoms with E-state index in [4.69, 9.17) is 0 Å². The van der Waals surface area contributed by atoms with Crippen LogP contribution in [0.3, 0.4) is 0 Å². The van der Waals surface area contributed by atoms with Crippen molar-refractivity contribution in [1.82, 2.24) is 10.2 Å². The molecular formula is C11H10N2OS. The van der Waals surface area contributed by atoms with Crippen molar-refractivity contribution in [3.05, 3.63) is 35.5 Å². The van der Waals surface area contributed by atoms with Gasteiger partial charge in [-0.1, -0.05) is 11.6 Å². The topological polar surface area (TPSA) is 45.8 Å². The van der Waals surface area contributed by atoms with E-state index < -0.39 is 10.8 Å². The molecule has 3 rings (SSSR count). The third-order valence-electron chi connectivity index (χ3n) is 2.65. The Bertz CT molecular complexity index is 559. The van der Waals surface area contributed by atoms with Crippen molar-refractivity contribution in [1.29, 1.82) is 0 Å². The second kappa shape index (κ2) is 3.03. The highest BCUT2D eigenvalue weighted by Crippen LogP contribution is 2.34. The maximum Gasteiger partial charge on any atom is 0.0703 e. The number of aromatic nitrogens is 2. The molecule has 0 aliphatic carbocycles. The molecule has 1 aliphatic heterocycles. The Hall–Kier alpha value is -1.42. The van der Waals surface area contributed by atoms with Crippen LogP contribution in [0.15, 0.2) is 29.3 Å². The van der Waals surface area contributed by atoms with Gasteiger partial charge in [0.05, 0.1) is 28.4 Å². The first-order chi connectivity index (χ1) is 7.25. The fourth-order valence-corrected chi connectivity index (χ4v) is 3.19. The van der Waals surface area contributed by atoms with Crippen LogP contribution in [-0.4, -0.2) is 14.4 Å². The van der Waals surface area contributed by atoms with Gasteiger partial charge in [-0.3, -0.25) is 9.31 Å². The first kappa shape index (κ1) is 8.85. The molecule has 0 bridgehead atoms. The summed E-state index contributed by atoms with van der Waals surface area (Å²) < 4.78 is 11.9. The van der Waals surface area contributed by atoms with Gasteiger partial charge in [0.15, 0.2) is 0 Å². The van der Waals surface area contributed by atoms with Gasteiger partial charge in [0.2, 0.25) is 0 Å². The second-order valence-electron chi connectivity index (χ2n) is 3.76. The van der Waals surface area contributed by atoms with Gasteiger partial charge in [0, 0.05) is 16.0 Å². The smallest absolute Gasteiger partial charge is 0.0703 e. The first-order valence-corrected chi connectivity index (χ1v) is 6.09. The maximum atomic E-state index is 11.9. The lowest BCUT2D eigenvalue weighted by molar-refractivity contribution is 0.682. The molecule has 1 aromatic heterocycles. The molecule has 2 aromatic rings. The summed E-state index contributed by atoms with van der Waals surface area (Å²) in [7, 11) is -0.923. The van der Waals surface area contributed by atoms with Crippen LogP contribution < -0.4 is 0 Å². The van der Waals surface area contributed by atoms with E-state index in [1.165, 1.54) is 5.56 Å². The molecular weight excluding hydrogens is 208 g/mol. The number of aromatic amines is 1. The summed E-state index contributed by atoms with van der Waals surface area (Å²) in [4.78, 5) is 0.914. The molecule has 0 amide bonds. The average Bonchev–Trinajstić information content (AvgIpc) is 2.65. The minimum absolute atomic E-state index is 0.571. The molecule has 15 heavy (non-hydrogen) atoms. The predicted octanol–water partition coefficient (Wildman–Crippen LogP) is 2.01. The van der Waals surface area contributed by atoms with Crippen LogP contribution in [0.5, 0.6) is 0 Å². The third-order valence-corrected chi connectivity index (χ3v) is 4.07. The highest BCUT2D eigenvalue weighted by atomic mass is 32.2. The van der Waals surface area contributed by atoms with Crippen LogP contribution in [0.4, 0.5) is 0 Å². The second-order valence-corrected chi connectivity index (χ2v) is 5.18. The van der Waals surface area contributed by atoms with Gasteiger partial charge in [-0.2, -0.15) is 5.10 Å².